The highest BCUT2D eigenvalue weighted by molar-refractivity contribution is 5.95. The predicted molar refractivity (Wildman–Crippen MR) is 98.6 cm³/mol. The number of benzene rings is 1. The first-order valence-corrected chi connectivity index (χ1v) is 8.50. The average Bonchev–Trinajstić information content (AvgIpc) is 3.18. The van der Waals surface area contributed by atoms with Crippen molar-refractivity contribution >= 4 is 5.91 Å². The van der Waals surface area contributed by atoms with E-state index in [4.69, 9.17) is 9.26 Å². The van der Waals surface area contributed by atoms with Crippen molar-refractivity contribution in [2.45, 2.75) is 26.9 Å². The van der Waals surface area contributed by atoms with Gasteiger partial charge in [0.25, 0.3) is 5.91 Å². The van der Waals surface area contributed by atoms with E-state index in [2.05, 4.69) is 10.5 Å². The minimum Gasteiger partial charge on any atom is -0.375 e. The van der Waals surface area contributed by atoms with Gasteiger partial charge in [-0.05, 0) is 32.4 Å². The summed E-state index contributed by atoms with van der Waals surface area (Å²) < 4.78 is 12.6. The second-order valence-corrected chi connectivity index (χ2v) is 6.26. The molecule has 0 fully saturated rings. The Kier molecular flexibility index (Phi) is 5.23. The predicted octanol–water partition coefficient (Wildman–Crippen LogP) is 3.51. The van der Waals surface area contributed by atoms with Crippen LogP contribution in [0.4, 0.5) is 0 Å². The summed E-state index contributed by atoms with van der Waals surface area (Å²) in [4.78, 5) is 12.7. The minimum absolute atomic E-state index is 0.137. The van der Waals surface area contributed by atoms with Crippen LogP contribution in [0.5, 0.6) is 0 Å². The normalized spacial score (nSPS) is 12.2. The van der Waals surface area contributed by atoms with E-state index in [0.717, 1.165) is 22.7 Å². The molecular weight excluding hydrogens is 330 g/mol. The lowest BCUT2D eigenvalue weighted by molar-refractivity contribution is 0.0827. The molecule has 3 rings (SSSR count). The van der Waals surface area contributed by atoms with Crippen LogP contribution < -0.4 is 5.32 Å². The molecule has 0 saturated heterocycles. The first-order chi connectivity index (χ1) is 12.5. The van der Waals surface area contributed by atoms with E-state index in [1.165, 1.54) is 0 Å². The van der Waals surface area contributed by atoms with Crippen molar-refractivity contribution in [3.05, 3.63) is 70.7 Å². The van der Waals surface area contributed by atoms with Crippen molar-refractivity contribution in [2.75, 3.05) is 13.7 Å². The molecular formula is C20H23N3O3. The number of carbonyl (C=O) groups excluding carboxylic acids is 1. The first kappa shape index (κ1) is 17.9. The largest absolute Gasteiger partial charge is 0.375 e. The zero-order valence-corrected chi connectivity index (χ0v) is 15.4. The lowest BCUT2D eigenvalue weighted by Gasteiger charge is -2.16. The first-order valence-electron chi connectivity index (χ1n) is 8.50. The lowest BCUT2D eigenvalue weighted by Crippen LogP contribution is -2.29. The lowest BCUT2D eigenvalue weighted by atomic mass is 10.1. The number of nitrogens with one attached hydrogen (secondary N) is 1. The third kappa shape index (κ3) is 3.55. The van der Waals surface area contributed by atoms with Crippen molar-refractivity contribution in [3.8, 4) is 5.82 Å². The molecule has 1 amide bonds. The van der Waals surface area contributed by atoms with Crippen molar-refractivity contribution in [2.24, 2.45) is 0 Å². The van der Waals surface area contributed by atoms with Crippen molar-refractivity contribution in [3.63, 3.8) is 0 Å². The average molecular weight is 353 g/mol. The van der Waals surface area contributed by atoms with Gasteiger partial charge in [-0.1, -0.05) is 35.5 Å². The Balaban J connectivity index is 1.76. The molecule has 1 atom stereocenters. The zero-order chi connectivity index (χ0) is 18.7. The highest BCUT2D eigenvalue weighted by atomic mass is 16.5. The fourth-order valence-corrected chi connectivity index (χ4v) is 3.09. The molecule has 6 nitrogen and oxygen atoms in total. The molecule has 3 aromatic rings. The summed E-state index contributed by atoms with van der Waals surface area (Å²) in [6, 6.07) is 13.5. The molecule has 0 saturated carbocycles. The van der Waals surface area contributed by atoms with Gasteiger partial charge in [0.05, 0.1) is 11.7 Å². The summed E-state index contributed by atoms with van der Waals surface area (Å²) in [6.45, 7) is 6.07. The van der Waals surface area contributed by atoms with Crippen LogP contribution in [0.3, 0.4) is 0 Å². The smallest absolute Gasteiger partial charge is 0.253 e. The van der Waals surface area contributed by atoms with Gasteiger partial charge < -0.3 is 14.6 Å². The third-order valence-electron chi connectivity index (χ3n) is 4.42. The van der Waals surface area contributed by atoms with Gasteiger partial charge in [-0.25, -0.2) is 0 Å². The molecule has 6 heteroatoms. The summed E-state index contributed by atoms with van der Waals surface area (Å²) in [7, 11) is 1.64. The van der Waals surface area contributed by atoms with E-state index in [1.807, 2.05) is 67.8 Å². The maximum absolute atomic E-state index is 12.7. The molecule has 1 aromatic carbocycles. The second kappa shape index (κ2) is 7.58. The van der Waals surface area contributed by atoms with Gasteiger partial charge in [-0.3, -0.25) is 9.36 Å². The van der Waals surface area contributed by atoms with Gasteiger partial charge in [0.1, 0.15) is 5.76 Å². The van der Waals surface area contributed by atoms with Crippen LogP contribution >= 0.6 is 0 Å². The van der Waals surface area contributed by atoms with E-state index < -0.39 is 0 Å². The molecule has 26 heavy (non-hydrogen) atoms. The highest BCUT2D eigenvalue weighted by Crippen LogP contribution is 2.21. The molecule has 0 radical (unpaired) electrons. The molecule has 0 aliphatic rings. The molecule has 0 aliphatic heterocycles. The van der Waals surface area contributed by atoms with E-state index in [-0.39, 0.29) is 12.0 Å². The Morgan fingerprint density at radius 2 is 1.96 bits per heavy atom. The van der Waals surface area contributed by atoms with Crippen molar-refractivity contribution < 1.29 is 14.1 Å². The number of carbonyl (C=O) groups is 1. The van der Waals surface area contributed by atoms with Crippen LogP contribution in [0.1, 0.15) is 39.2 Å². The molecule has 136 valence electrons. The van der Waals surface area contributed by atoms with E-state index >= 15 is 0 Å². The molecule has 0 aliphatic carbocycles. The Morgan fingerprint density at radius 1 is 1.23 bits per heavy atom. The molecule has 1 N–H and O–H groups in total. The van der Waals surface area contributed by atoms with E-state index in [9.17, 15) is 4.79 Å². The summed E-state index contributed by atoms with van der Waals surface area (Å²) in [6.07, 6.45) is -0.193. The summed E-state index contributed by atoms with van der Waals surface area (Å²) in [5.41, 5.74) is 3.39. The van der Waals surface area contributed by atoms with E-state index in [0.29, 0.717) is 17.9 Å². The molecule has 0 bridgehead atoms. The third-order valence-corrected chi connectivity index (χ3v) is 4.42. The number of nitrogens with zero attached hydrogens (tertiary/aromatic N) is 2. The summed E-state index contributed by atoms with van der Waals surface area (Å²) in [5.74, 6) is 1.27. The van der Waals surface area contributed by atoms with Gasteiger partial charge in [-0.15, -0.1) is 0 Å². The quantitative estimate of drug-likeness (QED) is 0.736. The Bertz CT molecular complexity index is 896. The maximum Gasteiger partial charge on any atom is 0.253 e. The summed E-state index contributed by atoms with van der Waals surface area (Å²) >= 11 is 0. The Labute approximate surface area is 152 Å². The number of amides is 1. The molecule has 2 aromatic heterocycles. The van der Waals surface area contributed by atoms with Crippen LogP contribution in [0, 0.1) is 20.8 Å². The maximum atomic E-state index is 12.7. The Morgan fingerprint density at radius 3 is 2.58 bits per heavy atom. The Hall–Kier alpha value is -2.86. The fraction of sp³-hybridized carbons (Fsp3) is 0.300. The van der Waals surface area contributed by atoms with Gasteiger partial charge in [0, 0.05) is 31.1 Å². The van der Waals surface area contributed by atoms with Crippen LogP contribution in [0.15, 0.2) is 47.0 Å². The standard InChI is InChI=1S/C20H23N3O3/c1-13-10-17(15(3)23(13)19-11-14(2)26-22-19)20(24)21-12-18(25-4)16-8-6-5-7-9-16/h5-11,18H,12H2,1-4H3,(H,21,24). The molecule has 2 heterocycles. The summed E-state index contributed by atoms with van der Waals surface area (Å²) in [5, 5.41) is 7.01. The van der Waals surface area contributed by atoms with Gasteiger partial charge >= 0.3 is 0 Å². The fourth-order valence-electron chi connectivity index (χ4n) is 3.09. The second-order valence-electron chi connectivity index (χ2n) is 6.26. The number of methoxy groups -OCH3 is 1. The topological polar surface area (TPSA) is 69.3 Å². The number of ether oxygens (including phenoxy) is 1. The van der Waals surface area contributed by atoms with Gasteiger partial charge in [-0.2, -0.15) is 0 Å². The molecule has 1 unspecified atom stereocenters. The number of hydrogen-bond acceptors (Lipinski definition) is 4. The van der Waals surface area contributed by atoms with Gasteiger partial charge in [0.15, 0.2) is 5.82 Å². The number of aryl methyl sites for hydroxylation is 2. The van der Waals surface area contributed by atoms with Crippen LogP contribution in [-0.2, 0) is 4.74 Å². The number of rotatable bonds is 6. The minimum atomic E-state index is -0.193. The van der Waals surface area contributed by atoms with Crippen LogP contribution in [-0.4, -0.2) is 29.3 Å². The van der Waals surface area contributed by atoms with Gasteiger partial charge in [0.2, 0.25) is 0 Å². The SMILES string of the molecule is COC(CNC(=O)c1cc(C)n(-c2cc(C)on2)c1C)c1ccccc1. The monoisotopic (exact) mass is 353 g/mol. The van der Waals surface area contributed by atoms with Crippen molar-refractivity contribution in [1.29, 1.82) is 0 Å². The van der Waals surface area contributed by atoms with Crippen molar-refractivity contribution in [1.82, 2.24) is 15.0 Å². The van der Waals surface area contributed by atoms with Crippen LogP contribution in [0.2, 0.25) is 0 Å². The van der Waals surface area contributed by atoms with E-state index in [1.54, 1.807) is 7.11 Å². The number of hydrogen-bond donors (Lipinski definition) is 1. The zero-order valence-electron chi connectivity index (χ0n) is 15.4. The van der Waals surface area contributed by atoms with Crippen LogP contribution in [0.25, 0.3) is 5.82 Å². The molecule has 0 spiro atoms. The highest BCUT2D eigenvalue weighted by Gasteiger charge is 2.19. The number of aromatic nitrogens is 2.